The summed E-state index contributed by atoms with van der Waals surface area (Å²) in [5, 5.41) is 22.2. The molecule has 0 radical (unpaired) electrons. The van der Waals surface area contributed by atoms with Crippen LogP contribution in [-0.4, -0.2) is 52.7 Å². The number of hydrogen-bond donors (Lipinski definition) is 3. The highest BCUT2D eigenvalue weighted by Gasteiger charge is 2.39. The summed E-state index contributed by atoms with van der Waals surface area (Å²) < 4.78 is 0. The highest BCUT2D eigenvalue weighted by atomic mass is 16.4. The Bertz CT molecular complexity index is 936. The minimum atomic E-state index is -1.08. The van der Waals surface area contributed by atoms with Crippen LogP contribution in [0.25, 0.3) is 0 Å². The third-order valence-electron chi connectivity index (χ3n) is 6.30. The van der Waals surface area contributed by atoms with Crippen LogP contribution in [0.4, 0.5) is 0 Å². The number of rotatable bonds is 12. The summed E-state index contributed by atoms with van der Waals surface area (Å²) >= 11 is 0. The molecule has 6 nitrogen and oxygen atoms in total. The van der Waals surface area contributed by atoms with Crippen LogP contribution in [0.3, 0.4) is 0 Å². The maximum atomic E-state index is 12.0. The SMILES string of the molecule is CCN(CC)CC.O=C(O)CC[C@H](NC(c1ccccc1)(c1ccccc1)c1ccccc1)C(=O)O. The highest BCUT2D eigenvalue weighted by molar-refractivity contribution is 5.75. The number of hydrogen-bond acceptors (Lipinski definition) is 4. The zero-order valence-corrected chi connectivity index (χ0v) is 21.4. The first-order chi connectivity index (χ1) is 17.4. The lowest BCUT2D eigenvalue weighted by Gasteiger charge is -2.39. The Morgan fingerprint density at radius 3 is 1.33 bits per heavy atom. The predicted octanol–water partition coefficient (Wildman–Crippen LogP) is 5.23. The van der Waals surface area contributed by atoms with E-state index in [1.54, 1.807) is 0 Å². The first-order valence-corrected chi connectivity index (χ1v) is 12.5. The Morgan fingerprint density at radius 2 is 1.08 bits per heavy atom. The molecule has 36 heavy (non-hydrogen) atoms. The van der Waals surface area contributed by atoms with Gasteiger partial charge in [0.25, 0.3) is 0 Å². The van der Waals surface area contributed by atoms with Crippen molar-refractivity contribution in [2.24, 2.45) is 0 Å². The van der Waals surface area contributed by atoms with Gasteiger partial charge in [0, 0.05) is 6.42 Å². The molecule has 0 aromatic heterocycles. The van der Waals surface area contributed by atoms with Gasteiger partial charge in [-0.15, -0.1) is 0 Å². The second-order valence-corrected chi connectivity index (χ2v) is 8.44. The van der Waals surface area contributed by atoms with Crippen LogP contribution in [0.15, 0.2) is 91.0 Å². The van der Waals surface area contributed by atoms with Gasteiger partial charge in [0.1, 0.15) is 6.04 Å². The van der Waals surface area contributed by atoms with Crippen LogP contribution in [0.5, 0.6) is 0 Å². The number of carbonyl (C=O) groups is 2. The van der Waals surface area contributed by atoms with Gasteiger partial charge in [0.05, 0.1) is 5.54 Å². The monoisotopic (exact) mass is 490 g/mol. The Labute approximate surface area is 214 Å². The fourth-order valence-electron chi connectivity index (χ4n) is 4.27. The van der Waals surface area contributed by atoms with E-state index >= 15 is 0 Å². The third kappa shape index (κ3) is 7.77. The molecule has 3 aromatic rings. The largest absolute Gasteiger partial charge is 0.481 e. The predicted molar refractivity (Wildman–Crippen MR) is 144 cm³/mol. The Balaban J connectivity index is 0.000000572. The van der Waals surface area contributed by atoms with Crippen LogP contribution in [0.2, 0.25) is 0 Å². The highest BCUT2D eigenvalue weighted by Crippen LogP contribution is 2.37. The summed E-state index contributed by atoms with van der Waals surface area (Å²) in [6.07, 6.45) is -0.267. The molecule has 0 unspecified atom stereocenters. The molecule has 1 atom stereocenters. The van der Waals surface area contributed by atoms with Crippen LogP contribution in [0.1, 0.15) is 50.3 Å². The Kier molecular flexibility index (Phi) is 11.8. The van der Waals surface area contributed by atoms with Crippen LogP contribution in [0, 0.1) is 0 Å². The third-order valence-corrected chi connectivity index (χ3v) is 6.30. The van der Waals surface area contributed by atoms with E-state index in [0.29, 0.717) is 0 Å². The number of nitrogens with zero attached hydrogens (tertiary/aromatic N) is 1. The van der Waals surface area contributed by atoms with Gasteiger partial charge in [-0.05, 0) is 42.7 Å². The van der Waals surface area contributed by atoms with E-state index in [-0.39, 0.29) is 12.8 Å². The van der Waals surface area contributed by atoms with E-state index in [2.05, 4.69) is 31.0 Å². The van der Waals surface area contributed by atoms with Crippen molar-refractivity contribution in [3.05, 3.63) is 108 Å². The topological polar surface area (TPSA) is 89.9 Å². The molecule has 0 aliphatic carbocycles. The van der Waals surface area contributed by atoms with Gasteiger partial charge in [-0.25, -0.2) is 0 Å². The average Bonchev–Trinajstić information content (AvgIpc) is 2.91. The molecule has 0 heterocycles. The normalized spacial score (nSPS) is 11.9. The van der Waals surface area contributed by atoms with Crippen LogP contribution < -0.4 is 5.32 Å². The van der Waals surface area contributed by atoms with Gasteiger partial charge in [0.15, 0.2) is 0 Å². The molecule has 3 rings (SSSR count). The van der Waals surface area contributed by atoms with Crippen molar-refractivity contribution < 1.29 is 19.8 Å². The van der Waals surface area contributed by atoms with Gasteiger partial charge >= 0.3 is 11.9 Å². The molecular weight excluding hydrogens is 452 g/mol. The quantitative estimate of drug-likeness (QED) is 0.301. The standard InChI is InChI=1S/C24H23NO4.C6H15N/c26-22(27)17-16-21(23(28)29)25-24(18-10-4-1-5-11-18,19-12-6-2-7-13-19)20-14-8-3-9-15-20;1-4-7(5-2)6-3/h1-15,21,25H,16-17H2,(H,26,27)(H,28,29);4-6H2,1-3H3/t21-;/m0./s1. The molecule has 0 fully saturated rings. The molecule has 3 N–H and O–H groups in total. The molecule has 0 saturated heterocycles. The summed E-state index contributed by atoms with van der Waals surface area (Å²) in [5.41, 5.74) is 1.67. The lowest BCUT2D eigenvalue weighted by Crippen LogP contribution is -2.52. The van der Waals surface area contributed by atoms with Gasteiger partial charge in [-0.1, -0.05) is 112 Å². The summed E-state index contributed by atoms with van der Waals surface area (Å²) in [6, 6.07) is 27.8. The van der Waals surface area contributed by atoms with Crippen LogP contribution in [-0.2, 0) is 15.1 Å². The lowest BCUT2D eigenvalue weighted by atomic mass is 9.76. The second-order valence-electron chi connectivity index (χ2n) is 8.44. The minimum Gasteiger partial charge on any atom is -0.481 e. The maximum absolute atomic E-state index is 12.0. The molecule has 0 saturated carbocycles. The first-order valence-electron chi connectivity index (χ1n) is 12.5. The molecule has 0 bridgehead atoms. The van der Waals surface area contributed by atoms with Gasteiger partial charge in [0.2, 0.25) is 0 Å². The smallest absolute Gasteiger partial charge is 0.320 e. The van der Waals surface area contributed by atoms with E-state index in [1.807, 2.05) is 91.0 Å². The number of benzene rings is 3. The first kappa shape index (κ1) is 28.8. The average molecular weight is 491 g/mol. The summed E-state index contributed by atoms with van der Waals surface area (Å²) in [4.78, 5) is 25.5. The lowest BCUT2D eigenvalue weighted by molar-refractivity contribution is -0.141. The molecular formula is C30H38N2O4. The molecule has 0 spiro atoms. The molecule has 0 aliphatic rings. The summed E-state index contributed by atoms with van der Waals surface area (Å²) in [7, 11) is 0. The van der Waals surface area contributed by atoms with Gasteiger partial charge in [-0.2, -0.15) is 0 Å². The molecule has 3 aromatic carbocycles. The van der Waals surface area contributed by atoms with E-state index in [1.165, 1.54) is 19.6 Å². The van der Waals surface area contributed by atoms with E-state index < -0.39 is 23.5 Å². The fraction of sp³-hybridized carbons (Fsp3) is 0.333. The zero-order valence-electron chi connectivity index (χ0n) is 21.4. The van der Waals surface area contributed by atoms with Crippen molar-refractivity contribution >= 4 is 11.9 Å². The van der Waals surface area contributed by atoms with Crippen molar-refractivity contribution in [2.45, 2.75) is 45.2 Å². The molecule has 192 valence electrons. The second kappa shape index (κ2) is 14.8. The fourth-order valence-corrected chi connectivity index (χ4v) is 4.27. The number of aliphatic carboxylic acids is 2. The van der Waals surface area contributed by atoms with Crippen molar-refractivity contribution in [3.8, 4) is 0 Å². The van der Waals surface area contributed by atoms with E-state index in [4.69, 9.17) is 5.11 Å². The number of carboxylic acid groups (broad SMARTS) is 2. The van der Waals surface area contributed by atoms with Crippen molar-refractivity contribution in [1.29, 1.82) is 0 Å². The van der Waals surface area contributed by atoms with Crippen molar-refractivity contribution in [3.63, 3.8) is 0 Å². The molecule has 0 aliphatic heterocycles. The van der Waals surface area contributed by atoms with E-state index in [0.717, 1.165) is 16.7 Å². The van der Waals surface area contributed by atoms with Crippen molar-refractivity contribution in [1.82, 2.24) is 10.2 Å². The molecule has 0 amide bonds. The number of nitrogens with one attached hydrogen (secondary N) is 1. The van der Waals surface area contributed by atoms with Gasteiger partial charge in [-0.3, -0.25) is 14.9 Å². The Morgan fingerprint density at radius 1 is 0.722 bits per heavy atom. The van der Waals surface area contributed by atoms with Crippen molar-refractivity contribution in [2.75, 3.05) is 19.6 Å². The maximum Gasteiger partial charge on any atom is 0.320 e. The molecule has 6 heteroatoms. The summed E-state index contributed by atoms with van der Waals surface area (Å²) in [5.74, 6) is -2.11. The zero-order chi connectivity index (χ0) is 26.4. The Hall–Kier alpha value is -3.48. The van der Waals surface area contributed by atoms with Gasteiger partial charge < -0.3 is 15.1 Å². The summed E-state index contributed by atoms with van der Waals surface area (Å²) in [6.45, 7) is 10.1. The number of carboxylic acids is 2. The minimum absolute atomic E-state index is 0.0289. The van der Waals surface area contributed by atoms with E-state index in [9.17, 15) is 14.7 Å². The van der Waals surface area contributed by atoms with Crippen LogP contribution >= 0.6 is 0 Å².